The van der Waals surface area contributed by atoms with Crippen LogP contribution in [-0.2, 0) is 6.54 Å². The van der Waals surface area contributed by atoms with E-state index in [0.717, 1.165) is 5.69 Å². The van der Waals surface area contributed by atoms with Crippen molar-refractivity contribution < 1.29 is 4.79 Å². The Morgan fingerprint density at radius 2 is 2.10 bits per heavy atom. The van der Waals surface area contributed by atoms with Crippen molar-refractivity contribution in [2.45, 2.75) is 13.5 Å². The molecule has 6 heteroatoms. The zero-order valence-corrected chi connectivity index (χ0v) is 12.3. The molecule has 0 aliphatic rings. The average molecular weight is 298 g/mol. The van der Waals surface area contributed by atoms with Crippen molar-refractivity contribution in [3.8, 4) is 5.69 Å². The van der Waals surface area contributed by atoms with Crippen molar-refractivity contribution >= 4 is 17.2 Å². The molecule has 0 aliphatic carbocycles. The summed E-state index contributed by atoms with van der Waals surface area (Å²) >= 11 is 1.65. The Balaban J connectivity index is 1.66. The fraction of sp³-hybridized carbons (Fsp3) is 0.133. The maximum atomic E-state index is 12.1. The number of carbonyl (C=O) groups excluding carboxylic acids is 1. The van der Waals surface area contributed by atoms with Gasteiger partial charge in [0.15, 0.2) is 0 Å². The van der Waals surface area contributed by atoms with Gasteiger partial charge in [-0.1, -0.05) is 0 Å². The minimum atomic E-state index is -0.0760. The first-order chi connectivity index (χ1) is 10.2. The minimum Gasteiger partial charge on any atom is -0.347 e. The Morgan fingerprint density at radius 1 is 1.29 bits per heavy atom. The topological polar surface area (TPSA) is 59.8 Å². The quantitative estimate of drug-likeness (QED) is 0.805. The second-order valence-corrected chi connectivity index (χ2v) is 5.60. The minimum absolute atomic E-state index is 0.0760. The first kappa shape index (κ1) is 13.5. The standard InChI is InChI=1S/C15H14N4OS/c1-11-6-7-21-14(11)8-17-15(20)12-2-4-13(5-3-12)19-10-16-9-18-19/h2-7,9-10H,8H2,1H3,(H,17,20). The molecule has 0 saturated heterocycles. The van der Waals surface area contributed by atoms with Crippen molar-refractivity contribution in [3.05, 3.63) is 64.4 Å². The van der Waals surface area contributed by atoms with Crippen LogP contribution < -0.4 is 5.32 Å². The van der Waals surface area contributed by atoms with Gasteiger partial charge in [0.25, 0.3) is 5.91 Å². The molecule has 0 radical (unpaired) electrons. The molecule has 0 bridgehead atoms. The van der Waals surface area contributed by atoms with Crippen molar-refractivity contribution in [1.82, 2.24) is 20.1 Å². The molecule has 1 amide bonds. The van der Waals surface area contributed by atoms with Crippen molar-refractivity contribution in [2.75, 3.05) is 0 Å². The van der Waals surface area contributed by atoms with E-state index < -0.39 is 0 Å². The van der Waals surface area contributed by atoms with Gasteiger partial charge in [0.1, 0.15) is 12.7 Å². The van der Waals surface area contributed by atoms with Gasteiger partial charge in [-0.3, -0.25) is 4.79 Å². The average Bonchev–Trinajstić information content (AvgIpc) is 3.17. The third-order valence-electron chi connectivity index (χ3n) is 3.19. The van der Waals surface area contributed by atoms with E-state index >= 15 is 0 Å². The summed E-state index contributed by atoms with van der Waals surface area (Å²) in [6.07, 6.45) is 3.10. The first-order valence-electron chi connectivity index (χ1n) is 6.50. The molecule has 0 spiro atoms. The van der Waals surface area contributed by atoms with Crippen LogP contribution >= 0.6 is 11.3 Å². The van der Waals surface area contributed by atoms with E-state index in [4.69, 9.17) is 0 Å². The van der Waals surface area contributed by atoms with Gasteiger partial charge in [-0.25, -0.2) is 9.67 Å². The molecular weight excluding hydrogens is 284 g/mol. The normalized spacial score (nSPS) is 10.5. The second-order valence-electron chi connectivity index (χ2n) is 4.60. The monoisotopic (exact) mass is 298 g/mol. The summed E-state index contributed by atoms with van der Waals surface area (Å²) in [7, 11) is 0. The van der Waals surface area contributed by atoms with Crippen LogP contribution in [0.3, 0.4) is 0 Å². The van der Waals surface area contributed by atoms with Crippen molar-refractivity contribution in [2.24, 2.45) is 0 Å². The fourth-order valence-corrected chi connectivity index (χ4v) is 2.80. The predicted molar refractivity (Wildman–Crippen MR) is 81.6 cm³/mol. The van der Waals surface area contributed by atoms with E-state index in [1.54, 1.807) is 34.5 Å². The number of aryl methyl sites for hydroxylation is 1. The summed E-state index contributed by atoms with van der Waals surface area (Å²) in [5.41, 5.74) is 2.72. The highest BCUT2D eigenvalue weighted by Crippen LogP contribution is 2.15. The maximum absolute atomic E-state index is 12.1. The largest absolute Gasteiger partial charge is 0.347 e. The molecule has 21 heavy (non-hydrogen) atoms. The number of nitrogens with zero attached hydrogens (tertiary/aromatic N) is 3. The summed E-state index contributed by atoms with van der Waals surface area (Å²) in [5.74, 6) is -0.0760. The summed E-state index contributed by atoms with van der Waals surface area (Å²) in [6.45, 7) is 2.61. The maximum Gasteiger partial charge on any atom is 0.251 e. The molecular formula is C15H14N4OS. The number of rotatable bonds is 4. The number of amides is 1. The number of benzene rings is 1. The Hall–Kier alpha value is -2.47. The third-order valence-corrected chi connectivity index (χ3v) is 4.21. The second kappa shape index (κ2) is 5.88. The van der Waals surface area contributed by atoms with Crippen LogP contribution in [0.25, 0.3) is 5.69 Å². The van der Waals surface area contributed by atoms with Gasteiger partial charge in [0.05, 0.1) is 12.2 Å². The van der Waals surface area contributed by atoms with Crippen LogP contribution in [0.2, 0.25) is 0 Å². The lowest BCUT2D eigenvalue weighted by Crippen LogP contribution is -2.22. The fourth-order valence-electron chi connectivity index (χ4n) is 1.95. The number of carbonyl (C=O) groups is 1. The summed E-state index contributed by atoms with van der Waals surface area (Å²) in [5, 5.41) is 9.01. The van der Waals surface area contributed by atoms with Crippen molar-refractivity contribution in [3.63, 3.8) is 0 Å². The highest BCUT2D eigenvalue weighted by Gasteiger charge is 2.07. The van der Waals surface area contributed by atoms with E-state index in [1.165, 1.54) is 16.8 Å². The lowest BCUT2D eigenvalue weighted by atomic mass is 10.2. The molecule has 5 nitrogen and oxygen atoms in total. The predicted octanol–water partition coefficient (Wildman–Crippen LogP) is 2.57. The number of aromatic nitrogens is 3. The Morgan fingerprint density at radius 3 is 2.71 bits per heavy atom. The Bertz CT molecular complexity index is 731. The van der Waals surface area contributed by atoms with E-state index in [-0.39, 0.29) is 5.91 Å². The summed E-state index contributed by atoms with van der Waals surface area (Å²) < 4.78 is 1.65. The van der Waals surface area contributed by atoms with Crippen LogP contribution in [0.4, 0.5) is 0 Å². The zero-order chi connectivity index (χ0) is 14.7. The highest BCUT2D eigenvalue weighted by atomic mass is 32.1. The zero-order valence-electron chi connectivity index (χ0n) is 11.5. The molecule has 1 N–H and O–H groups in total. The molecule has 2 heterocycles. The molecule has 0 saturated carbocycles. The number of thiophene rings is 1. The molecule has 0 unspecified atom stereocenters. The van der Waals surface area contributed by atoms with Crippen LogP contribution in [0.5, 0.6) is 0 Å². The van der Waals surface area contributed by atoms with Crippen LogP contribution in [0.15, 0.2) is 48.4 Å². The van der Waals surface area contributed by atoms with E-state index in [0.29, 0.717) is 12.1 Å². The molecule has 3 rings (SSSR count). The SMILES string of the molecule is Cc1ccsc1CNC(=O)c1ccc(-n2cncn2)cc1. The number of nitrogens with one attached hydrogen (secondary N) is 1. The lowest BCUT2D eigenvalue weighted by molar-refractivity contribution is 0.0951. The summed E-state index contributed by atoms with van der Waals surface area (Å²) in [6, 6.07) is 9.32. The lowest BCUT2D eigenvalue weighted by Gasteiger charge is -2.06. The van der Waals surface area contributed by atoms with Gasteiger partial charge in [-0.2, -0.15) is 5.10 Å². The van der Waals surface area contributed by atoms with Crippen LogP contribution in [-0.4, -0.2) is 20.7 Å². The van der Waals surface area contributed by atoms with Crippen LogP contribution in [0, 0.1) is 6.92 Å². The highest BCUT2D eigenvalue weighted by molar-refractivity contribution is 7.10. The Kier molecular flexibility index (Phi) is 3.79. The number of hydrogen-bond donors (Lipinski definition) is 1. The van der Waals surface area contributed by atoms with Gasteiger partial charge in [-0.05, 0) is 48.2 Å². The smallest absolute Gasteiger partial charge is 0.251 e. The van der Waals surface area contributed by atoms with Gasteiger partial charge in [0.2, 0.25) is 0 Å². The molecule has 2 aromatic heterocycles. The molecule has 106 valence electrons. The van der Waals surface area contributed by atoms with Gasteiger partial charge >= 0.3 is 0 Å². The van der Waals surface area contributed by atoms with Crippen LogP contribution in [0.1, 0.15) is 20.8 Å². The van der Waals surface area contributed by atoms with E-state index in [1.807, 2.05) is 24.4 Å². The number of hydrogen-bond acceptors (Lipinski definition) is 4. The Labute approximate surface area is 126 Å². The molecule has 1 aromatic carbocycles. The van der Waals surface area contributed by atoms with E-state index in [9.17, 15) is 4.79 Å². The van der Waals surface area contributed by atoms with Crippen molar-refractivity contribution in [1.29, 1.82) is 0 Å². The molecule has 0 aliphatic heterocycles. The van der Waals surface area contributed by atoms with Gasteiger partial charge < -0.3 is 5.32 Å². The third kappa shape index (κ3) is 3.00. The molecule has 0 atom stereocenters. The molecule has 3 aromatic rings. The van der Waals surface area contributed by atoms with E-state index in [2.05, 4.69) is 21.5 Å². The summed E-state index contributed by atoms with van der Waals surface area (Å²) in [4.78, 5) is 17.2. The first-order valence-corrected chi connectivity index (χ1v) is 7.38. The van der Waals surface area contributed by atoms with Gasteiger partial charge in [0, 0.05) is 10.4 Å². The van der Waals surface area contributed by atoms with Gasteiger partial charge in [-0.15, -0.1) is 11.3 Å². The molecule has 0 fully saturated rings.